The quantitative estimate of drug-likeness (QED) is 0.309. The Morgan fingerprint density at radius 1 is 0.529 bits per heavy atom. The van der Waals surface area contributed by atoms with Crippen LogP contribution in [0.5, 0.6) is 0 Å². The first kappa shape index (κ1) is 21.1. The molecule has 4 nitrogen and oxygen atoms in total. The zero-order valence-corrected chi connectivity index (χ0v) is 17.8. The number of halogens is 2. The molecule has 5 aromatic rings. The Kier molecular flexibility index (Phi) is 5.59. The number of hydrogen-bond acceptors (Lipinski definition) is 4. The van der Waals surface area contributed by atoms with Crippen LogP contribution in [0.2, 0.25) is 0 Å². The van der Waals surface area contributed by atoms with Gasteiger partial charge in [0.2, 0.25) is 0 Å². The summed E-state index contributed by atoms with van der Waals surface area (Å²) < 4.78 is 29.4. The third kappa shape index (κ3) is 4.15. The van der Waals surface area contributed by atoms with Crippen LogP contribution in [0.15, 0.2) is 97.1 Å². The van der Waals surface area contributed by atoms with E-state index in [2.05, 4.69) is 15.0 Å². The van der Waals surface area contributed by atoms with Crippen LogP contribution in [-0.2, 0) is 0 Å². The zero-order chi connectivity index (χ0) is 23.5. The zero-order valence-electron chi connectivity index (χ0n) is 17.8. The molecule has 0 aliphatic rings. The van der Waals surface area contributed by atoms with Crippen molar-refractivity contribution in [1.82, 2.24) is 15.0 Å². The van der Waals surface area contributed by atoms with Crippen molar-refractivity contribution in [2.24, 2.45) is 0 Å². The van der Waals surface area contributed by atoms with Crippen molar-refractivity contribution < 1.29 is 8.78 Å². The van der Waals surface area contributed by atoms with Crippen LogP contribution >= 0.6 is 0 Å². The van der Waals surface area contributed by atoms with E-state index in [1.807, 2.05) is 66.7 Å². The molecule has 0 saturated heterocycles. The number of nitrogens with zero attached hydrogens (tertiary/aromatic N) is 4. The number of hydrogen-bond donors (Lipinski definition) is 0. The standard InChI is InChI=1S/C28H16F2N4/c29-24-14-12-21(16-23(24)22-13-11-18(17-31)15-25(22)30)28-33-26(19-7-3-1-4-8-19)32-27(34-28)20-9-5-2-6-10-20/h1-16H. The van der Waals surface area contributed by atoms with Crippen molar-refractivity contribution in [3.63, 3.8) is 0 Å². The molecule has 0 saturated carbocycles. The molecule has 34 heavy (non-hydrogen) atoms. The van der Waals surface area contributed by atoms with Gasteiger partial charge < -0.3 is 0 Å². The first-order chi connectivity index (χ1) is 16.6. The number of benzene rings is 4. The van der Waals surface area contributed by atoms with Crippen LogP contribution in [0.25, 0.3) is 45.3 Å². The van der Waals surface area contributed by atoms with Crippen LogP contribution in [-0.4, -0.2) is 15.0 Å². The van der Waals surface area contributed by atoms with Crippen LogP contribution in [0.1, 0.15) is 5.56 Å². The van der Waals surface area contributed by atoms with Gasteiger partial charge in [-0.3, -0.25) is 0 Å². The molecular formula is C28H16F2N4. The highest BCUT2D eigenvalue weighted by atomic mass is 19.1. The molecule has 0 N–H and O–H groups in total. The van der Waals surface area contributed by atoms with Gasteiger partial charge in [0.25, 0.3) is 0 Å². The first-order valence-electron chi connectivity index (χ1n) is 10.5. The van der Waals surface area contributed by atoms with Crippen LogP contribution in [0.4, 0.5) is 8.78 Å². The molecule has 4 aromatic carbocycles. The average molecular weight is 446 g/mol. The third-order valence-corrected chi connectivity index (χ3v) is 5.31. The van der Waals surface area contributed by atoms with E-state index < -0.39 is 11.6 Å². The van der Waals surface area contributed by atoms with Gasteiger partial charge >= 0.3 is 0 Å². The largest absolute Gasteiger partial charge is 0.208 e. The fraction of sp³-hybridized carbons (Fsp3) is 0. The molecule has 162 valence electrons. The lowest BCUT2D eigenvalue weighted by molar-refractivity contribution is 0.616. The topological polar surface area (TPSA) is 62.5 Å². The van der Waals surface area contributed by atoms with Gasteiger partial charge in [-0.1, -0.05) is 66.7 Å². The van der Waals surface area contributed by atoms with Crippen LogP contribution < -0.4 is 0 Å². The van der Waals surface area contributed by atoms with Gasteiger partial charge in [0.1, 0.15) is 11.6 Å². The summed E-state index contributed by atoms with van der Waals surface area (Å²) in [6, 6.07) is 29.1. The van der Waals surface area contributed by atoms with E-state index in [0.29, 0.717) is 23.0 Å². The molecule has 0 radical (unpaired) electrons. The van der Waals surface area contributed by atoms with Gasteiger partial charge in [-0.15, -0.1) is 0 Å². The van der Waals surface area contributed by atoms with Gasteiger partial charge in [0.15, 0.2) is 17.5 Å². The summed E-state index contributed by atoms with van der Waals surface area (Å²) in [6.07, 6.45) is 0. The Labute approximate surface area is 194 Å². The molecular weight excluding hydrogens is 430 g/mol. The van der Waals surface area contributed by atoms with Crippen LogP contribution in [0, 0.1) is 23.0 Å². The molecule has 1 heterocycles. The summed E-state index contributed by atoms with van der Waals surface area (Å²) in [7, 11) is 0. The Morgan fingerprint density at radius 2 is 1.09 bits per heavy atom. The van der Waals surface area contributed by atoms with Gasteiger partial charge in [-0.25, -0.2) is 23.7 Å². The van der Waals surface area contributed by atoms with Crippen LogP contribution in [0.3, 0.4) is 0 Å². The molecule has 5 rings (SSSR count). The maximum Gasteiger partial charge on any atom is 0.164 e. The van der Waals surface area contributed by atoms with Gasteiger partial charge in [0, 0.05) is 27.8 Å². The number of rotatable bonds is 4. The fourth-order valence-electron chi connectivity index (χ4n) is 3.61. The normalized spacial score (nSPS) is 10.6. The molecule has 6 heteroatoms. The summed E-state index contributed by atoms with van der Waals surface area (Å²) in [6.45, 7) is 0. The van der Waals surface area contributed by atoms with Gasteiger partial charge in [-0.05, 0) is 30.3 Å². The highest BCUT2D eigenvalue weighted by Gasteiger charge is 2.16. The van der Waals surface area contributed by atoms with Crippen molar-refractivity contribution in [2.75, 3.05) is 0 Å². The summed E-state index contributed by atoms with van der Waals surface area (Å²) in [5.41, 5.74) is 2.40. The molecule has 0 fully saturated rings. The maximum absolute atomic E-state index is 14.7. The van der Waals surface area contributed by atoms with E-state index in [-0.39, 0.29) is 16.7 Å². The summed E-state index contributed by atoms with van der Waals surface area (Å²) in [4.78, 5) is 13.9. The highest BCUT2D eigenvalue weighted by Crippen LogP contribution is 2.31. The predicted octanol–water partition coefficient (Wildman–Crippen LogP) is 6.69. The maximum atomic E-state index is 14.7. The Hall–Kier alpha value is -4.76. The van der Waals surface area contributed by atoms with E-state index in [4.69, 9.17) is 5.26 Å². The lowest BCUT2D eigenvalue weighted by Crippen LogP contribution is -2.00. The molecule has 1 aromatic heterocycles. The van der Waals surface area contributed by atoms with Crippen molar-refractivity contribution in [2.45, 2.75) is 0 Å². The molecule has 0 atom stereocenters. The lowest BCUT2D eigenvalue weighted by atomic mass is 10.00. The summed E-state index contributed by atoms with van der Waals surface area (Å²) >= 11 is 0. The van der Waals surface area contributed by atoms with Gasteiger partial charge in [-0.2, -0.15) is 5.26 Å². The molecule has 0 amide bonds. The van der Waals surface area contributed by atoms with Crippen molar-refractivity contribution in [3.05, 3.63) is 114 Å². The Balaban J connectivity index is 1.68. The van der Waals surface area contributed by atoms with E-state index >= 15 is 0 Å². The SMILES string of the molecule is N#Cc1ccc(-c2cc(-c3nc(-c4ccccc4)nc(-c4ccccc4)n3)ccc2F)c(F)c1. The lowest BCUT2D eigenvalue weighted by Gasteiger charge is -2.11. The predicted molar refractivity (Wildman–Crippen MR) is 126 cm³/mol. The van der Waals surface area contributed by atoms with Crippen molar-refractivity contribution in [3.8, 4) is 51.4 Å². The Morgan fingerprint density at radius 3 is 1.62 bits per heavy atom. The summed E-state index contributed by atoms with van der Waals surface area (Å²) in [5.74, 6) is 0.0106. The smallest absolute Gasteiger partial charge is 0.164 e. The second-order valence-electron chi connectivity index (χ2n) is 7.54. The fourth-order valence-corrected chi connectivity index (χ4v) is 3.61. The van der Waals surface area contributed by atoms with E-state index in [1.165, 1.54) is 24.3 Å². The van der Waals surface area contributed by atoms with Crippen molar-refractivity contribution in [1.29, 1.82) is 5.26 Å². The second-order valence-corrected chi connectivity index (χ2v) is 7.54. The number of aromatic nitrogens is 3. The van der Waals surface area contributed by atoms with E-state index in [1.54, 1.807) is 6.07 Å². The van der Waals surface area contributed by atoms with E-state index in [0.717, 1.165) is 17.2 Å². The molecule has 0 bridgehead atoms. The monoisotopic (exact) mass is 446 g/mol. The minimum absolute atomic E-state index is 0.0546. The average Bonchev–Trinajstić information content (AvgIpc) is 2.90. The molecule has 0 aliphatic carbocycles. The third-order valence-electron chi connectivity index (χ3n) is 5.31. The van der Waals surface area contributed by atoms with E-state index in [9.17, 15) is 8.78 Å². The highest BCUT2D eigenvalue weighted by molar-refractivity contribution is 5.73. The first-order valence-corrected chi connectivity index (χ1v) is 10.5. The molecule has 0 spiro atoms. The number of nitriles is 1. The molecule has 0 unspecified atom stereocenters. The minimum Gasteiger partial charge on any atom is -0.208 e. The second kappa shape index (κ2) is 9.00. The minimum atomic E-state index is -0.680. The van der Waals surface area contributed by atoms with Crippen molar-refractivity contribution >= 4 is 0 Å². The Bertz CT molecular complexity index is 1470. The van der Waals surface area contributed by atoms with Gasteiger partial charge in [0.05, 0.1) is 11.6 Å². The molecule has 0 aliphatic heterocycles. The summed E-state index contributed by atoms with van der Waals surface area (Å²) in [5, 5.41) is 9.00.